The van der Waals surface area contributed by atoms with Crippen LogP contribution >= 0.6 is 12.2 Å². The van der Waals surface area contributed by atoms with E-state index in [0.717, 1.165) is 9.59 Å². The normalized spacial score (nSPS) is 9.80. The number of rotatable bonds is 1. The Morgan fingerprint density at radius 1 is 1.80 bits per heavy atom. The number of imidazole rings is 1. The third kappa shape index (κ3) is 1.29. The first kappa shape index (κ1) is 7.92. The number of thiocarbonyl (C=S) groups is 1. The minimum absolute atomic E-state index is 0.801. The van der Waals surface area contributed by atoms with Crippen LogP contribution in [0.4, 0.5) is 0 Å². The van der Waals surface area contributed by atoms with Gasteiger partial charge in [0.05, 0.1) is 0 Å². The fourth-order valence-electron chi connectivity index (χ4n) is 0.878. The van der Waals surface area contributed by atoms with Crippen LogP contribution in [0.5, 0.6) is 0 Å². The van der Waals surface area contributed by atoms with Gasteiger partial charge < -0.3 is 0 Å². The Labute approximate surface area is 73.7 Å². The number of nitrogens with zero attached hydrogens (tertiary/aromatic N) is 2. The second-order valence-electron chi connectivity index (χ2n) is 2.13. The van der Waals surface area contributed by atoms with Crippen molar-refractivity contribution in [3.63, 3.8) is 0 Å². The van der Waals surface area contributed by atoms with E-state index in [-0.39, 0.29) is 0 Å². The van der Waals surface area contributed by atoms with Gasteiger partial charge in [-0.25, -0.2) is 0 Å². The molecule has 0 aromatic carbocycles. The summed E-state index contributed by atoms with van der Waals surface area (Å²) in [6.07, 6.45) is 3.94. The van der Waals surface area contributed by atoms with Crippen molar-refractivity contribution in [2.45, 2.75) is 0 Å². The van der Waals surface area contributed by atoms with Gasteiger partial charge in [-0.1, -0.05) is 0 Å². The average Bonchev–Trinajstić information content (AvgIpc) is 2.11. The van der Waals surface area contributed by atoms with Crippen molar-refractivity contribution in [2.75, 3.05) is 0 Å². The predicted octanol–water partition coefficient (Wildman–Crippen LogP) is -0.306. The van der Waals surface area contributed by atoms with Gasteiger partial charge in [0.2, 0.25) is 0 Å². The van der Waals surface area contributed by atoms with Crippen molar-refractivity contribution in [2.24, 2.45) is 14.1 Å². The van der Waals surface area contributed by atoms with Gasteiger partial charge in [-0.05, 0) is 0 Å². The Bertz CT molecular complexity index is 247. The van der Waals surface area contributed by atoms with E-state index >= 15 is 0 Å². The molecular weight excluding hydrogens is 211 g/mol. The van der Waals surface area contributed by atoms with Crippen molar-refractivity contribution in [1.82, 2.24) is 4.57 Å². The molecule has 0 saturated heterocycles. The van der Waals surface area contributed by atoms with E-state index in [0.29, 0.717) is 0 Å². The molecule has 0 unspecified atom stereocenters. The Morgan fingerprint density at radius 2 is 2.40 bits per heavy atom. The molecule has 0 spiro atoms. The Morgan fingerprint density at radius 3 is 2.60 bits per heavy atom. The third-order valence-electron chi connectivity index (χ3n) is 1.36. The number of hydrogen-bond acceptors (Lipinski definition) is 1. The molecule has 0 aliphatic rings. The van der Waals surface area contributed by atoms with Crippen molar-refractivity contribution in [1.29, 1.82) is 0 Å². The van der Waals surface area contributed by atoms with E-state index in [2.05, 4.69) is 16.0 Å². The van der Waals surface area contributed by atoms with E-state index in [4.69, 9.17) is 12.2 Å². The van der Waals surface area contributed by atoms with Crippen LogP contribution in [0.25, 0.3) is 0 Å². The Balaban J connectivity index is 3.23. The van der Waals surface area contributed by atoms with Gasteiger partial charge in [0.1, 0.15) is 0 Å². The molecule has 0 fully saturated rings. The average molecular weight is 219 g/mol. The van der Waals surface area contributed by atoms with Crippen LogP contribution in [-0.4, -0.2) is 24.3 Å². The fraction of sp³-hybridized carbons (Fsp3) is 0.333. The van der Waals surface area contributed by atoms with E-state index < -0.39 is 0 Å². The second-order valence-corrected chi connectivity index (χ2v) is 3.98. The first-order valence-electron chi connectivity index (χ1n) is 2.85. The molecule has 4 heteroatoms. The third-order valence-corrected chi connectivity index (χ3v) is 1.93. The first-order chi connectivity index (χ1) is 4.63. The van der Waals surface area contributed by atoms with E-state index in [1.807, 2.05) is 35.6 Å². The molecule has 10 heavy (non-hydrogen) atoms. The summed E-state index contributed by atoms with van der Waals surface area (Å²) >= 11 is 7.81. The zero-order chi connectivity index (χ0) is 7.72. The van der Waals surface area contributed by atoms with Gasteiger partial charge in [-0.2, -0.15) is 0 Å². The van der Waals surface area contributed by atoms with Crippen LogP contribution in [-0.2, 0) is 14.1 Å². The molecule has 2 nitrogen and oxygen atoms in total. The Kier molecular flexibility index (Phi) is 2.24. The monoisotopic (exact) mass is 220 g/mol. The molecule has 0 amide bonds. The van der Waals surface area contributed by atoms with Crippen molar-refractivity contribution in [3.8, 4) is 0 Å². The van der Waals surface area contributed by atoms with Crippen LogP contribution in [0.2, 0.25) is 0 Å². The summed E-state index contributed by atoms with van der Waals surface area (Å²) in [6.45, 7) is 0. The maximum atomic E-state index is 4.99. The van der Waals surface area contributed by atoms with Crippen LogP contribution < -0.4 is 4.57 Å². The van der Waals surface area contributed by atoms with Gasteiger partial charge in [-0.3, -0.25) is 0 Å². The molecular formula is C6H8N2SSe. The molecule has 0 aliphatic carbocycles. The van der Waals surface area contributed by atoms with Crippen LogP contribution in [0.15, 0.2) is 12.4 Å². The van der Waals surface area contributed by atoms with Gasteiger partial charge in [-0.15, -0.1) is 0 Å². The fourth-order valence-corrected chi connectivity index (χ4v) is 1.77. The van der Waals surface area contributed by atoms with E-state index in [1.54, 1.807) is 0 Å². The minimum atomic E-state index is 0.801. The van der Waals surface area contributed by atoms with Gasteiger partial charge in [0.25, 0.3) is 0 Å². The summed E-state index contributed by atoms with van der Waals surface area (Å²) in [6, 6.07) is 0. The van der Waals surface area contributed by atoms with Crippen molar-refractivity contribution >= 4 is 32.0 Å². The summed E-state index contributed by atoms with van der Waals surface area (Å²) in [5.41, 5.74) is 0. The van der Waals surface area contributed by atoms with Gasteiger partial charge in [0.15, 0.2) is 0 Å². The molecule has 54 valence electrons. The standard InChI is InChI=1S/C6H8N2SSe/c1-7-3-4-8(2)5(7)6(9)10/h3-4H,1-2H3. The molecule has 1 aromatic rings. The van der Waals surface area contributed by atoms with E-state index in [9.17, 15) is 0 Å². The van der Waals surface area contributed by atoms with Crippen LogP contribution in [0, 0.1) is 0 Å². The molecule has 0 radical (unpaired) electrons. The molecule has 0 aliphatic heterocycles. The molecule has 1 rings (SSSR count). The molecule has 0 saturated carbocycles. The quantitative estimate of drug-likeness (QED) is 0.357. The van der Waals surface area contributed by atoms with Gasteiger partial charge in [0, 0.05) is 0 Å². The van der Waals surface area contributed by atoms with Crippen molar-refractivity contribution < 1.29 is 4.57 Å². The summed E-state index contributed by atoms with van der Waals surface area (Å²) in [7, 11) is 3.94. The molecule has 0 N–H and O–H groups in total. The first-order valence-corrected chi connectivity index (χ1v) is 4.11. The van der Waals surface area contributed by atoms with Crippen LogP contribution in [0.1, 0.15) is 5.82 Å². The zero-order valence-corrected chi connectivity index (χ0v) is 8.40. The predicted molar refractivity (Wildman–Crippen MR) is 44.0 cm³/mol. The zero-order valence-electron chi connectivity index (χ0n) is 5.87. The number of hydrogen-bond donors (Lipinski definition) is 0. The van der Waals surface area contributed by atoms with Crippen molar-refractivity contribution in [3.05, 3.63) is 18.2 Å². The summed E-state index contributed by atoms with van der Waals surface area (Å²) in [5.74, 6) is 1.04. The molecule has 0 atom stereocenters. The number of aryl methyl sites for hydroxylation is 2. The van der Waals surface area contributed by atoms with Crippen LogP contribution in [0.3, 0.4) is 0 Å². The van der Waals surface area contributed by atoms with Gasteiger partial charge >= 0.3 is 73.4 Å². The number of aromatic nitrogens is 2. The molecule has 1 aromatic heterocycles. The second kappa shape index (κ2) is 2.82. The summed E-state index contributed by atoms with van der Waals surface area (Å²) in [4.78, 5) is 0. The Hall–Kier alpha value is -0.181. The summed E-state index contributed by atoms with van der Waals surface area (Å²) in [5, 5.41) is 0. The maximum absolute atomic E-state index is 4.99. The van der Waals surface area contributed by atoms with E-state index in [1.165, 1.54) is 0 Å². The topological polar surface area (TPSA) is 8.81 Å². The SMILES string of the molecule is Cn1cc[n+](C)c1C(=S)[Se-]. The molecule has 0 bridgehead atoms. The molecule has 1 heterocycles. The summed E-state index contributed by atoms with van der Waals surface area (Å²) < 4.78 is 4.77.